The highest BCUT2D eigenvalue weighted by Crippen LogP contribution is 2.76. The molecule has 6 aliphatic rings. The van der Waals surface area contributed by atoms with E-state index < -0.39 is 23.2 Å². The molecule has 0 radical (unpaired) electrons. The SMILES string of the molecule is CC(=O)OC1C[C@@]2(C)C(C(OC(C)=O)C[C@@H]2C(C)[C@H]2C[C@]2(C)C(C)C(C)C)C2C[C@H]3O[C@]34C[C@@H](O)CC(O)[C@]4(C)C12. The Morgan fingerprint density at radius 1 is 0.829 bits per heavy atom. The van der Waals surface area contributed by atoms with E-state index in [1.54, 1.807) is 0 Å². The second-order valence-electron chi connectivity index (χ2n) is 16.4. The molecule has 0 bridgehead atoms. The minimum absolute atomic E-state index is 0.0493. The maximum Gasteiger partial charge on any atom is 0.302 e. The molecule has 1 saturated heterocycles. The fourth-order valence-electron chi connectivity index (χ4n) is 12.1. The third-order valence-electron chi connectivity index (χ3n) is 14.4. The summed E-state index contributed by atoms with van der Waals surface area (Å²) in [7, 11) is 0. The van der Waals surface area contributed by atoms with E-state index in [1.165, 1.54) is 20.3 Å². The number of esters is 2. The van der Waals surface area contributed by atoms with Crippen LogP contribution in [0.15, 0.2) is 0 Å². The molecule has 41 heavy (non-hydrogen) atoms. The van der Waals surface area contributed by atoms with Gasteiger partial charge in [-0.25, -0.2) is 0 Å². The van der Waals surface area contributed by atoms with Crippen molar-refractivity contribution in [1.29, 1.82) is 0 Å². The van der Waals surface area contributed by atoms with Crippen LogP contribution in [0.2, 0.25) is 0 Å². The molecule has 7 nitrogen and oxygen atoms in total. The number of hydrogen-bond acceptors (Lipinski definition) is 7. The van der Waals surface area contributed by atoms with Crippen molar-refractivity contribution in [2.75, 3.05) is 0 Å². The van der Waals surface area contributed by atoms with E-state index in [9.17, 15) is 19.8 Å². The van der Waals surface area contributed by atoms with Gasteiger partial charge >= 0.3 is 11.9 Å². The number of carbonyl (C=O) groups is 2. The van der Waals surface area contributed by atoms with Crippen LogP contribution >= 0.6 is 0 Å². The minimum atomic E-state index is -0.764. The molecule has 1 heterocycles. The molecule has 6 rings (SSSR count). The van der Waals surface area contributed by atoms with Gasteiger partial charge in [-0.2, -0.15) is 0 Å². The van der Waals surface area contributed by atoms with Gasteiger partial charge in [0.15, 0.2) is 0 Å². The maximum atomic E-state index is 12.6. The average Bonchev–Trinajstić information content (AvgIpc) is 3.71. The number of fused-ring (bicyclic) bond motifs is 4. The van der Waals surface area contributed by atoms with E-state index in [0.717, 1.165) is 12.8 Å². The lowest BCUT2D eigenvalue weighted by molar-refractivity contribution is -0.224. The Balaban J connectivity index is 1.40. The molecule has 6 fully saturated rings. The minimum Gasteiger partial charge on any atom is -0.462 e. The predicted molar refractivity (Wildman–Crippen MR) is 153 cm³/mol. The molecule has 16 atom stereocenters. The number of ether oxygens (including phenoxy) is 3. The Kier molecular flexibility index (Phi) is 6.86. The fourth-order valence-corrected chi connectivity index (χ4v) is 12.1. The number of aliphatic hydroxyl groups excluding tert-OH is 2. The van der Waals surface area contributed by atoms with Crippen molar-refractivity contribution in [3.8, 4) is 0 Å². The van der Waals surface area contributed by atoms with Gasteiger partial charge < -0.3 is 24.4 Å². The number of rotatable bonds is 6. The molecule has 0 amide bonds. The second-order valence-corrected chi connectivity index (χ2v) is 16.4. The van der Waals surface area contributed by atoms with Crippen molar-refractivity contribution in [2.24, 2.45) is 63.6 Å². The van der Waals surface area contributed by atoms with Gasteiger partial charge in [-0.15, -0.1) is 0 Å². The average molecular weight is 575 g/mol. The Hall–Kier alpha value is -1.18. The summed E-state index contributed by atoms with van der Waals surface area (Å²) in [5.41, 5.74) is -1.12. The molecule has 0 aromatic carbocycles. The smallest absolute Gasteiger partial charge is 0.302 e. The van der Waals surface area contributed by atoms with Crippen molar-refractivity contribution < 1.29 is 34.0 Å². The molecule has 0 aromatic heterocycles. The van der Waals surface area contributed by atoms with Crippen LogP contribution in [-0.2, 0) is 23.8 Å². The molecule has 1 spiro atoms. The number of aliphatic hydroxyl groups is 2. The van der Waals surface area contributed by atoms with Crippen LogP contribution in [0.1, 0.15) is 101 Å². The zero-order valence-electron chi connectivity index (χ0n) is 26.7. The van der Waals surface area contributed by atoms with Crippen LogP contribution in [0.4, 0.5) is 0 Å². The Morgan fingerprint density at radius 3 is 2.07 bits per heavy atom. The third-order valence-corrected chi connectivity index (χ3v) is 14.4. The Bertz CT molecular complexity index is 1090. The lowest BCUT2D eigenvalue weighted by Gasteiger charge is -2.62. The van der Waals surface area contributed by atoms with Gasteiger partial charge in [0.05, 0.1) is 18.3 Å². The molecule has 5 aliphatic carbocycles. The summed E-state index contributed by atoms with van der Waals surface area (Å²) in [5.74, 6) is 2.18. The highest BCUT2D eigenvalue weighted by molar-refractivity contribution is 5.66. The Morgan fingerprint density at radius 2 is 1.46 bits per heavy atom. The first kappa shape index (κ1) is 29.9. The number of hydrogen-bond donors (Lipinski definition) is 2. The van der Waals surface area contributed by atoms with Crippen molar-refractivity contribution in [3.05, 3.63) is 0 Å². The van der Waals surface area contributed by atoms with Gasteiger partial charge in [0.25, 0.3) is 0 Å². The first-order valence-electron chi connectivity index (χ1n) is 16.4. The molecular weight excluding hydrogens is 520 g/mol. The van der Waals surface area contributed by atoms with Crippen molar-refractivity contribution in [3.63, 3.8) is 0 Å². The van der Waals surface area contributed by atoms with Crippen molar-refractivity contribution in [2.45, 2.75) is 137 Å². The highest BCUT2D eigenvalue weighted by atomic mass is 16.6. The molecule has 0 aromatic rings. The van der Waals surface area contributed by atoms with Crippen LogP contribution in [0.3, 0.4) is 0 Å². The summed E-state index contributed by atoms with van der Waals surface area (Å²) >= 11 is 0. The summed E-state index contributed by atoms with van der Waals surface area (Å²) < 4.78 is 18.9. The van der Waals surface area contributed by atoms with Crippen LogP contribution in [0, 0.1) is 63.6 Å². The van der Waals surface area contributed by atoms with Crippen LogP contribution in [-0.4, -0.2) is 58.3 Å². The number of carbonyl (C=O) groups excluding carboxylic acids is 2. The third kappa shape index (κ3) is 4.06. The normalized spacial score (nSPS) is 54.6. The summed E-state index contributed by atoms with van der Waals surface area (Å²) in [6, 6.07) is 0. The lowest BCUT2D eigenvalue weighted by Crippen LogP contribution is -2.68. The second kappa shape index (κ2) is 9.41. The first-order valence-corrected chi connectivity index (χ1v) is 16.4. The molecule has 232 valence electrons. The predicted octanol–water partition coefficient (Wildman–Crippen LogP) is 5.15. The summed E-state index contributed by atoms with van der Waals surface area (Å²) in [6.07, 6.45) is 2.35. The van der Waals surface area contributed by atoms with Gasteiger partial charge in [0, 0.05) is 37.5 Å². The highest BCUT2D eigenvalue weighted by Gasteiger charge is 2.81. The van der Waals surface area contributed by atoms with E-state index in [4.69, 9.17) is 14.2 Å². The van der Waals surface area contributed by atoms with Gasteiger partial charge in [0.2, 0.25) is 0 Å². The largest absolute Gasteiger partial charge is 0.462 e. The molecule has 2 N–H and O–H groups in total. The van der Waals surface area contributed by atoms with Gasteiger partial charge in [-0.05, 0) is 78.4 Å². The van der Waals surface area contributed by atoms with Crippen LogP contribution in [0.25, 0.3) is 0 Å². The summed E-state index contributed by atoms with van der Waals surface area (Å²) in [5, 5.41) is 22.3. The van der Waals surface area contributed by atoms with E-state index in [1.807, 2.05) is 0 Å². The zero-order chi connectivity index (χ0) is 30.0. The fraction of sp³-hybridized carbons (Fsp3) is 0.941. The Labute approximate surface area is 246 Å². The summed E-state index contributed by atoms with van der Waals surface area (Å²) in [4.78, 5) is 25.1. The van der Waals surface area contributed by atoms with Gasteiger partial charge in [0.1, 0.15) is 17.8 Å². The zero-order valence-corrected chi connectivity index (χ0v) is 26.7. The quantitative estimate of drug-likeness (QED) is 0.334. The first-order chi connectivity index (χ1) is 19.0. The summed E-state index contributed by atoms with van der Waals surface area (Å²) in [6.45, 7) is 19.4. The van der Waals surface area contributed by atoms with Gasteiger partial charge in [-0.3, -0.25) is 9.59 Å². The van der Waals surface area contributed by atoms with E-state index >= 15 is 0 Å². The standard InChI is InChI=1S/C34H54O7/c1-16(2)18(4)31(7)14-24(31)17(3)23-12-25(39-19(5)35)29-22-11-28-34(41-28)13-21(37)10-27(38)33(34,9)30(22)26(40-20(6)36)15-32(23,29)8/h16-18,21-30,37-38H,10-15H2,1-9H3/t17?,18?,21-,22?,23+,24+,25?,26?,27?,28+,29?,30?,31+,32+,33+,34+/m0/s1. The van der Waals surface area contributed by atoms with Crippen molar-refractivity contribution in [1.82, 2.24) is 0 Å². The molecule has 5 saturated carbocycles. The molecular formula is C34H54O7. The maximum absolute atomic E-state index is 12.6. The van der Waals surface area contributed by atoms with Gasteiger partial charge in [-0.1, -0.05) is 48.5 Å². The molecule has 8 unspecified atom stereocenters. The monoisotopic (exact) mass is 574 g/mol. The topological polar surface area (TPSA) is 106 Å². The lowest BCUT2D eigenvalue weighted by atomic mass is 9.42. The number of epoxide rings is 1. The van der Waals surface area contributed by atoms with E-state index in [0.29, 0.717) is 54.3 Å². The van der Waals surface area contributed by atoms with Crippen molar-refractivity contribution >= 4 is 11.9 Å². The van der Waals surface area contributed by atoms with Crippen LogP contribution in [0.5, 0.6) is 0 Å². The van der Waals surface area contributed by atoms with E-state index in [-0.39, 0.29) is 53.4 Å². The molecule has 7 heteroatoms. The van der Waals surface area contributed by atoms with E-state index in [2.05, 4.69) is 48.5 Å². The van der Waals surface area contributed by atoms with Crippen LogP contribution < -0.4 is 0 Å². The molecule has 1 aliphatic heterocycles.